The normalized spacial score (nSPS) is 13.2. The molecule has 4 heterocycles. The first kappa shape index (κ1) is 25.3. The van der Waals surface area contributed by atoms with Crippen molar-refractivity contribution >= 4 is 39.5 Å². The molecule has 0 saturated carbocycles. The zero-order valence-corrected chi connectivity index (χ0v) is 21.9. The van der Waals surface area contributed by atoms with Crippen molar-refractivity contribution in [1.82, 2.24) is 29.5 Å². The van der Waals surface area contributed by atoms with Gasteiger partial charge in [0.25, 0.3) is 0 Å². The second-order valence-corrected chi connectivity index (χ2v) is 8.96. The molecule has 38 heavy (non-hydrogen) atoms. The number of benzene rings is 2. The number of rotatable bonds is 5. The maximum atomic E-state index is 6.12. The van der Waals surface area contributed by atoms with Crippen LogP contribution in [-0.4, -0.2) is 70.0 Å². The quantitative estimate of drug-likeness (QED) is 0.365. The average molecular weight is 515 g/mol. The van der Waals surface area contributed by atoms with E-state index in [-0.39, 0.29) is 0 Å². The Hall–Kier alpha value is -4.35. The molecule has 1 aliphatic heterocycles. The lowest BCUT2D eigenvalue weighted by atomic mass is 10.2. The summed E-state index contributed by atoms with van der Waals surface area (Å²) in [7, 11) is 5.76. The van der Waals surface area contributed by atoms with Gasteiger partial charge in [-0.3, -0.25) is 0 Å². The van der Waals surface area contributed by atoms with Crippen LogP contribution in [0.15, 0.2) is 55.2 Å². The summed E-state index contributed by atoms with van der Waals surface area (Å²) in [5.74, 6) is 2.74. The standard InChI is InChI=1S/C23H22N8O.C4H8O2/c1-14-9-15(28-22-21-18(25-12-26-22)11-24-23(29-21)30(2)3)5-8-20(14)32-16-6-7-19-17(10-16)27-13-31(19)4;1-2-6-4-3-5-1/h5-13H,1-4H3,(H,25,26,28);1-4H2. The van der Waals surface area contributed by atoms with Gasteiger partial charge in [-0.25, -0.2) is 24.9 Å². The van der Waals surface area contributed by atoms with E-state index in [2.05, 4.69) is 30.2 Å². The van der Waals surface area contributed by atoms with Crippen molar-refractivity contribution in [2.75, 3.05) is 50.7 Å². The molecule has 196 valence electrons. The number of aryl methyl sites for hydroxylation is 2. The Morgan fingerprint density at radius 3 is 2.42 bits per heavy atom. The molecule has 11 nitrogen and oxygen atoms in total. The molecular formula is C27H30N8O3. The van der Waals surface area contributed by atoms with Crippen molar-refractivity contribution in [3.8, 4) is 11.5 Å². The molecule has 0 aliphatic carbocycles. The molecule has 11 heteroatoms. The number of fused-ring (bicyclic) bond motifs is 2. The number of anilines is 3. The van der Waals surface area contributed by atoms with E-state index in [4.69, 9.17) is 14.2 Å². The minimum Gasteiger partial charge on any atom is -0.457 e. The Morgan fingerprint density at radius 2 is 1.71 bits per heavy atom. The van der Waals surface area contributed by atoms with Gasteiger partial charge in [0.05, 0.1) is 50.0 Å². The molecule has 0 radical (unpaired) electrons. The second kappa shape index (κ2) is 11.4. The zero-order valence-electron chi connectivity index (χ0n) is 21.9. The van der Waals surface area contributed by atoms with Crippen LogP contribution in [0.25, 0.3) is 22.1 Å². The van der Waals surface area contributed by atoms with Crippen molar-refractivity contribution < 1.29 is 14.2 Å². The Bertz CT molecular complexity index is 1540. The Balaban J connectivity index is 0.000000433. The van der Waals surface area contributed by atoms with Crippen molar-refractivity contribution in [1.29, 1.82) is 0 Å². The molecule has 1 aliphatic rings. The number of aromatic nitrogens is 6. The van der Waals surface area contributed by atoms with E-state index in [1.54, 1.807) is 12.5 Å². The summed E-state index contributed by atoms with van der Waals surface area (Å²) in [5, 5.41) is 3.34. The number of hydrogen-bond donors (Lipinski definition) is 1. The number of hydrogen-bond acceptors (Lipinski definition) is 10. The predicted molar refractivity (Wildman–Crippen MR) is 146 cm³/mol. The van der Waals surface area contributed by atoms with Crippen LogP contribution in [-0.2, 0) is 16.5 Å². The summed E-state index contributed by atoms with van der Waals surface area (Å²) < 4.78 is 18.0. The Labute approximate surface area is 220 Å². The van der Waals surface area contributed by atoms with Crippen LogP contribution in [0.2, 0.25) is 0 Å². The van der Waals surface area contributed by atoms with Gasteiger partial charge in [0.1, 0.15) is 28.9 Å². The second-order valence-electron chi connectivity index (χ2n) is 8.96. The smallest absolute Gasteiger partial charge is 0.225 e. The van der Waals surface area contributed by atoms with E-state index in [1.165, 1.54) is 6.33 Å². The molecule has 0 bridgehead atoms. The largest absolute Gasteiger partial charge is 0.457 e. The SMILES string of the molecule is C1COCCO1.Cc1cc(Nc2ncnc3cnc(N(C)C)nc23)ccc1Oc1ccc2c(c1)ncn2C. The molecule has 0 atom stereocenters. The first-order chi connectivity index (χ1) is 18.5. The van der Waals surface area contributed by atoms with E-state index in [0.717, 1.165) is 60.2 Å². The van der Waals surface area contributed by atoms with Crippen LogP contribution in [0, 0.1) is 6.92 Å². The number of imidazole rings is 1. The highest BCUT2D eigenvalue weighted by Gasteiger charge is 2.11. The van der Waals surface area contributed by atoms with Gasteiger partial charge in [0, 0.05) is 32.9 Å². The fourth-order valence-electron chi connectivity index (χ4n) is 3.88. The highest BCUT2D eigenvalue weighted by molar-refractivity contribution is 5.87. The minimum atomic E-state index is 0.597. The monoisotopic (exact) mass is 514 g/mol. The third-order valence-electron chi connectivity index (χ3n) is 5.87. The molecule has 1 N–H and O–H groups in total. The fourth-order valence-corrected chi connectivity index (χ4v) is 3.88. The van der Waals surface area contributed by atoms with Gasteiger partial charge in [-0.1, -0.05) is 0 Å². The lowest BCUT2D eigenvalue weighted by molar-refractivity contribution is -0.0334. The molecule has 6 rings (SSSR count). The molecule has 5 aromatic rings. The van der Waals surface area contributed by atoms with Crippen LogP contribution in [0.4, 0.5) is 17.5 Å². The predicted octanol–water partition coefficient (Wildman–Crippen LogP) is 4.25. The molecule has 2 aromatic carbocycles. The van der Waals surface area contributed by atoms with Crippen molar-refractivity contribution in [3.05, 3.63) is 60.8 Å². The highest BCUT2D eigenvalue weighted by atomic mass is 16.6. The topological polar surface area (TPSA) is 112 Å². The maximum Gasteiger partial charge on any atom is 0.225 e. The van der Waals surface area contributed by atoms with Crippen LogP contribution >= 0.6 is 0 Å². The maximum absolute atomic E-state index is 6.12. The summed E-state index contributed by atoms with van der Waals surface area (Å²) in [5.41, 5.74) is 5.16. The van der Waals surface area contributed by atoms with Crippen LogP contribution < -0.4 is 15.0 Å². The van der Waals surface area contributed by atoms with Crippen molar-refractivity contribution in [2.45, 2.75) is 6.92 Å². The van der Waals surface area contributed by atoms with Crippen molar-refractivity contribution in [2.24, 2.45) is 7.05 Å². The van der Waals surface area contributed by atoms with Crippen molar-refractivity contribution in [3.63, 3.8) is 0 Å². The molecule has 0 amide bonds. The van der Waals surface area contributed by atoms with Gasteiger partial charge >= 0.3 is 0 Å². The van der Waals surface area contributed by atoms with E-state index >= 15 is 0 Å². The van der Waals surface area contributed by atoms with Gasteiger partial charge < -0.3 is 29.0 Å². The lowest BCUT2D eigenvalue weighted by Crippen LogP contribution is -2.16. The van der Waals surface area contributed by atoms with Gasteiger partial charge in [0.2, 0.25) is 5.95 Å². The third-order valence-corrected chi connectivity index (χ3v) is 5.87. The number of ether oxygens (including phenoxy) is 3. The number of nitrogens with one attached hydrogen (secondary N) is 1. The van der Waals surface area contributed by atoms with Crippen LogP contribution in [0.3, 0.4) is 0 Å². The highest BCUT2D eigenvalue weighted by Crippen LogP contribution is 2.30. The molecular weight excluding hydrogens is 484 g/mol. The lowest BCUT2D eigenvalue weighted by Gasteiger charge is -2.13. The molecule has 3 aromatic heterocycles. The molecule has 0 unspecified atom stereocenters. The van der Waals surface area contributed by atoms with E-state index in [1.807, 2.05) is 73.9 Å². The first-order valence-electron chi connectivity index (χ1n) is 12.2. The summed E-state index contributed by atoms with van der Waals surface area (Å²) >= 11 is 0. The van der Waals surface area contributed by atoms with Crippen LogP contribution in [0.5, 0.6) is 11.5 Å². The Morgan fingerprint density at radius 1 is 0.921 bits per heavy atom. The van der Waals surface area contributed by atoms with Gasteiger partial charge in [-0.05, 0) is 42.8 Å². The van der Waals surface area contributed by atoms with E-state index in [0.29, 0.717) is 22.8 Å². The first-order valence-corrected chi connectivity index (χ1v) is 12.2. The molecule has 0 spiro atoms. The summed E-state index contributed by atoms with van der Waals surface area (Å²) in [6, 6.07) is 11.8. The summed E-state index contributed by atoms with van der Waals surface area (Å²) in [4.78, 5) is 23.8. The number of nitrogens with zero attached hydrogens (tertiary/aromatic N) is 7. The van der Waals surface area contributed by atoms with E-state index in [9.17, 15) is 0 Å². The minimum absolute atomic E-state index is 0.597. The Kier molecular flexibility index (Phi) is 7.57. The molecule has 1 saturated heterocycles. The summed E-state index contributed by atoms with van der Waals surface area (Å²) in [6.45, 7) is 5.12. The van der Waals surface area contributed by atoms with Crippen LogP contribution in [0.1, 0.15) is 5.56 Å². The van der Waals surface area contributed by atoms with Gasteiger partial charge in [-0.15, -0.1) is 0 Å². The van der Waals surface area contributed by atoms with E-state index < -0.39 is 0 Å². The average Bonchev–Trinajstić information content (AvgIpc) is 3.31. The van der Waals surface area contributed by atoms with Gasteiger partial charge in [-0.2, -0.15) is 0 Å². The molecule has 1 fully saturated rings. The summed E-state index contributed by atoms with van der Waals surface area (Å²) in [6.07, 6.45) is 5.00. The fraction of sp³-hybridized carbons (Fsp3) is 0.296. The van der Waals surface area contributed by atoms with Gasteiger partial charge in [0.15, 0.2) is 5.82 Å². The zero-order chi connectivity index (χ0) is 26.5. The third kappa shape index (κ3) is 5.79.